The van der Waals surface area contributed by atoms with Gasteiger partial charge in [-0.05, 0) is 19.9 Å². The molecule has 0 spiro atoms. The van der Waals surface area contributed by atoms with Crippen LogP contribution in [0.4, 0.5) is 13.2 Å². The zero-order valence-corrected chi connectivity index (χ0v) is 9.72. The molecule has 0 aromatic heterocycles. The lowest BCUT2D eigenvalue weighted by atomic mass is 10.2. The van der Waals surface area contributed by atoms with Crippen LogP contribution in [0.1, 0.15) is 13.3 Å². The molecule has 1 saturated heterocycles. The predicted molar refractivity (Wildman–Crippen MR) is 55.5 cm³/mol. The van der Waals surface area contributed by atoms with Crippen molar-refractivity contribution in [3.63, 3.8) is 0 Å². The highest BCUT2D eigenvalue weighted by Crippen LogP contribution is 2.15. The van der Waals surface area contributed by atoms with Crippen molar-refractivity contribution in [3.8, 4) is 0 Å². The Kier molecular flexibility index (Phi) is 5.20. The highest BCUT2D eigenvalue weighted by atomic mass is 19.4. The van der Waals surface area contributed by atoms with E-state index in [1.165, 1.54) is 0 Å². The van der Waals surface area contributed by atoms with Crippen molar-refractivity contribution >= 4 is 5.91 Å². The normalized spacial score (nSPS) is 20.6. The fraction of sp³-hybridized carbons (Fsp3) is 0.900. The van der Waals surface area contributed by atoms with Crippen LogP contribution in [-0.4, -0.2) is 55.9 Å². The van der Waals surface area contributed by atoms with Crippen molar-refractivity contribution < 1.29 is 22.7 Å². The lowest BCUT2D eigenvalue weighted by Gasteiger charge is -2.27. The van der Waals surface area contributed by atoms with Gasteiger partial charge in [-0.3, -0.25) is 4.79 Å². The van der Waals surface area contributed by atoms with Gasteiger partial charge in [0.2, 0.25) is 5.91 Å². The predicted octanol–water partition coefficient (Wildman–Crippen LogP) is 0.776. The zero-order valence-electron chi connectivity index (χ0n) is 9.72. The maximum Gasteiger partial charge on any atom is 0.411 e. The Bertz CT molecular complexity index is 252. The number of nitrogens with zero attached hydrogens (tertiary/aromatic N) is 1. The molecule has 1 heterocycles. The first-order valence-corrected chi connectivity index (χ1v) is 5.58. The highest BCUT2D eigenvalue weighted by molar-refractivity contribution is 5.77. The third kappa shape index (κ3) is 4.91. The van der Waals surface area contributed by atoms with Crippen LogP contribution in [0.5, 0.6) is 0 Å². The number of amides is 1. The Morgan fingerprint density at radius 3 is 2.71 bits per heavy atom. The lowest BCUT2D eigenvalue weighted by Crippen LogP contribution is -2.43. The van der Waals surface area contributed by atoms with Gasteiger partial charge in [0.25, 0.3) is 0 Å². The van der Waals surface area contributed by atoms with E-state index in [2.05, 4.69) is 10.1 Å². The van der Waals surface area contributed by atoms with E-state index in [1.54, 1.807) is 11.8 Å². The highest BCUT2D eigenvalue weighted by Gasteiger charge is 2.29. The summed E-state index contributed by atoms with van der Waals surface area (Å²) in [4.78, 5) is 13.2. The summed E-state index contributed by atoms with van der Waals surface area (Å²) < 4.78 is 39.9. The Labute approximate surface area is 98.1 Å². The quantitative estimate of drug-likeness (QED) is 0.788. The Hall–Kier alpha value is -0.820. The summed E-state index contributed by atoms with van der Waals surface area (Å²) in [7, 11) is 0. The van der Waals surface area contributed by atoms with Crippen molar-refractivity contribution in [2.75, 3.05) is 32.8 Å². The number of ether oxygens (including phenoxy) is 1. The van der Waals surface area contributed by atoms with E-state index in [1.807, 2.05) is 0 Å². The van der Waals surface area contributed by atoms with Crippen LogP contribution in [0, 0.1) is 0 Å². The van der Waals surface area contributed by atoms with E-state index in [0.29, 0.717) is 13.1 Å². The van der Waals surface area contributed by atoms with Gasteiger partial charge in [0.05, 0.1) is 0 Å². The van der Waals surface area contributed by atoms with Gasteiger partial charge in [-0.15, -0.1) is 0 Å². The number of nitrogens with one attached hydrogen (secondary N) is 1. The molecule has 1 rings (SSSR count). The molecule has 1 fully saturated rings. The molecule has 1 atom stereocenters. The molecule has 0 aliphatic carbocycles. The number of likely N-dealkylation sites (N-methyl/N-ethyl adjacent to an activating group) is 1. The average molecular weight is 254 g/mol. The minimum Gasteiger partial charge on any atom is -0.362 e. The molecule has 0 aromatic rings. The summed E-state index contributed by atoms with van der Waals surface area (Å²) in [5, 5.41) is 3.11. The van der Waals surface area contributed by atoms with Crippen LogP contribution in [0.25, 0.3) is 0 Å². The minimum absolute atomic E-state index is 0.0713. The molecule has 7 heteroatoms. The van der Waals surface area contributed by atoms with E-state index in [4.69, 9.17) is 0 Å². The smallest absolute Gasteiger partial charge is 0.362 e. The van der Waals surface area contributed by atoms with E-state index < -0.39 is 19.4 Å². The number of alkyl halides is 3. The van der Waals surface area contributed by atoms with Gasteiger partial charge in [-0.2, -0.15) is 13.2 Å². The monoisotopic (exact) mass is 254 g/mol. The molecule has 0 radical (unpaired) electrons. The van der Waals surface area contributed by atoms with Gasteiger partial charge in [-0.1, -0.05) is 0 Å². The van der Waals surface area contributed by atoms with Crippen LogP contribution < -0.4 is 5.32 Å². The van der Waals surface area contributed by atoms with E-state index in [-0.39, 0.29) is 11.9 Å². The van der Waals surface area contributed by atoms with Crippen molar-refractivity contribution in [3.05, 3.63) is 0 Å². The Morgan fingerprint density at radius 2 is 2.24 bits per heavy atom. The van der Waals surface area contributed by atoms with Gasteiger partial charge in [0.1, 0.15) is 13.2 Å². The first kappa shape index (κ1) is 14.2. The maximum absolute atomic E-state index is 11.8. The molecule has 1 aliphatic heterocycles. The van der Waals surface area contributed by atoms with Crippen molar-refractivity contribution in [2.45, 2.75) is 25.6 Å². The fourth-order valence-corrected chi connectivity index (χ4v) is 1.88. The first-order valence-electron chi connectivity index (χ1n) is 5.58. The van der Waals surface area contributed by atoms with Gasteiger partial charge in [0.15, 0.2) is 0 Å². The molecule has 17 heavy (non-hydrogen) atoms. The first-order chi connectivity index (χ1) is 7.94. The van der Waals surface area contributed by atoms with Crippen LogP contribution >= 0.6 is 0 Å². The molecule has 0 aromatic carbocycles. The third-order valence-electron chi connectivity index (χ3n) is 2.63. The number of hydrogen-bond donors (Lipinski definition) is 1. The number of carbonyl (C=O) groups excluding carboxylic acids is 1. The fourth-order valence-electron chi connectivity index (χ4n) is 1.88. The average Bonchev–Trinajstić information content (AvgIpc) is 2.70. The van der Waals surface area contributed by atoms with Crippen LogP contribution in [0.15, 0.2) is 0 Å². The van der Waals surface area contributed by atoms with Crippen LogP contribution in [0.2, 0.25) is 0 Å². The number of rotatable bonds is 5. The molecule has 100 valence electrons. The molecule has 1 amide bonds. The summed E-state index contributed by atoms with van der Waals surface area (Å²) in [5.74, 6) is -0.384. The molecule has 0 saturated carbocycles. The van der Waals surface area contributed by atoms with Crippen molar-refractivity contribution in [1.29, 1.82) is 0 Å². The van der Waals surface area contributed by atoms with E-state index in [0.717, 1.165) is 13.0 Å². The summed E-state index contributed by atoms with van der Waals surface area (Å²) >= 11 is 0. The molecular weight excluding hydrogens is 237 g/mol. The largest absolute Gasteiger partial charge is 0.411 e. The van der Waals surface area contributed by atoms with E-state index >= 15 is 0 Å². The molecule has 4 nitrogen and oxygen atoms in total. The van der Waals surface area contributed by atoms with Gasteiger partial charge < -0.3 is 15.0 Å². The molecule has 1 unspecified atom stereocenters. The Balaban J connectivity index is 2.33. The molecular formula is C10H17F3N2O2. The summed E-state index contributed by atoms with van der Waals surface area (Å²) in [6.45, 7) is 1.93. The zero-order chi connectivity index (χ0) is 12.9. The summed E-state index contributed by atoms with van der Waals surface area (Å²) in [5.41, 5.74) is 0. The number of carbonyl (C=O) groups is 1. The topological polar surface area (TPSA) is 41.6 Å². The van der Waals surface area contributed by atoms with Crippen molar-refractivity contribution in [2.24, 2.45) is 0 Å². The summed E-state index contributed by atoms with van der Waals surface area (Å²) in [6.07, 6.45) is -3.55. The van der Waals surface area contributed by atoms with E-state index in [9.17, 15) is 18.0 Å². The Morgan fingerprint density at radius 1 is 1.53 bits per heavy atom. The SMILES string of the molecule is CCN(C(=O)COCC(F)(F)F)C1CCNC1. The second kappa shape index (κ2) is 6.20. The lowest BCUT2D eigenvalue weighted by molar-refractivity contribution is -0.178. The summed E-state index contributed by atoms with van der Waals surface area (Å²) in [6, 6.07) is 0.0713. The van der Waals surface area contributed by atoms with Crippen LogP contribution in [-0.2, 0) is 9.53 Å². The van der Waals surface area contributed by atoms with Gasteiger partial charge >= 0.3 is 6.18 Å². The third-order valence-corrected chi connectivity index (χ3v) is 2.63. The van der Waals surface area contributed by atoms with Crippen molar-refractivity contribution in [1.82, 2.24) is 10.2 Å². The molecule has 1 N–H and O–H groups in total. The number of halogens is 3. The second-order valence-electron chi connectivity index (χ2n) is 3.93. The number of hydrogen-bond acceptors (Lipinski definition) is 3. The maximum atomic E-state index is 11.8. The van der Waals surface area contributed by atoms with Crippen LogP contribution in [0.3, 0.4) is 0 Å². The van der Waals surface area contributed by atoms with Gasteiger partial charge in [-0.25, -0.2) is 0 Å². The van der Waals surface area contributed by atoms with Gasteiger partial charge in [0, 0.05) is 19.1 Å². The second-order valence-corrected chi connectivity index (χ2v) is 3.93. The minimum atomic E-state index is -4.38. The molecule has 0 bridgehead atoms. The standard InChI is InChI=1S/C10H17F3N2O2/c1-2-15(8-3-4-14-5-8)9(16)6-17-7-10(11,12)13/h8,14H,2-7H2,1H3. The molecule has 1 aliphatic rings.